The predicted octanol–water partition coefficient (Wildman–Crippen LogP) is 1.84. The number of rotatable bonds is 3. The highest BCUT2D eigenvalue weighted by atomic mass is 79.9. The molecule has 9 heteroatoms. The molecule has 3 rings (SSSR count). The number of carbonyl (C=O) groups excluding carboxylic acids is 3. The minimum absolute atomic E-state index is 0.146. The maximum atomic E-state index is 12.4. The molecule has 0 aromatic carbocycles. The first-order chi connectivity index (χ1) is 10.9. The molecule has 3 amide bonds. The maximum Gasteiger partial charge on any atom is 0.245 e. The molecule has 1 N–H and O–H groups in total. The fraction of sp³-hybridized carbons (Fsp3) is 0.571. The molecule has 0 radical (unpaired) electrons. The van der Waals surface area contributed by atoms with Crippen LogP contribution in [0.25, 0.3) is 0 Å². The van der Waals surface area contributed by atoms with Gasteiger partial charge in [0.25, 0.3) is 0 Å². The van der Waals surface area contributed by atoms with Crippen molar-refractivity contribution in [2.75, 3.05) is 11.9 Å². The van der Waals surface area contributed by atoms with Crippen LogP contribution in [0.1, 0.15) is 18.6 Å². The van der Waals surface area contributed by atoms with Gasteiger partial charge in [-0.15, -0.1) is 0 Å². The number of aryl methyl sites for hydroxylation is 1. The van der Waals surface area contributed by atoms with Crippen LogP contribution in [0.3, 0.4) is 0 Å². The van der Waals surface area contributed by atoms with Crippen molar-refractivity contribution in [3.63, 3.8) is 0 Å². The summed E-state index contributed by atoms with van der Waals surface area (Å²) in [4.78, 5) is 38.3. The molecule has 7 nitrogen and oxygen atoms in total. The molecular weight excluding hydrogens is 434 g/mol. The molecule has 23 heavy (non-hydrogen) atoms. The molecule has 124 valence electrons. The number of hydrogen-bond donors (Lipinski definition) is 1. The summed E-state index contributed by atoms with van der Waals surface area (Å²) in [5, 5.41) is 6.17. The van der Waals surface area contributed by atoms with Gasteiger partial charge in [-0.3, -0.25) is 19.3 Å². The molecule has 1 aliphatic heterocycles. The van der Waals surface area contributed by atoms with E-state index in [1.807, 2.05) is 0 Å². The lowest BCUT2D eigenvalue weighted by Gasteiger charge is -2.29. The van der Waals surface area contributed by atoms with Crippen LogP contribution < -0.4 is 5.32 Å². The highest BCUT2D eigenvalue weighted by molar-refractivity contribution is 9.12. The van der Waals surface area contributed by atoms with Gasteiger partial charge in [-0.1, -0.05) is 37.0 Å². The van der Waals surface area contributed by atoms with Gasteiger partial charge in [0.15, 0.2) is 5.82 Å². The Morgan fingerprint density at radius 3 is 2.35 bits per heavy atom. The van der Waals surface area contributed by atoms with Crippen molar-refractivity contribution in [2.24, 2.45) is 11.8 Å². The molecule has 1 saturated heterocycles. The van der Waals surface area contributed by atoms with Crippen molar-refractivity contribution in [1.82, 2.24) is 10.1 Å². The van der Waals surface area contributed by atoms with Crippen LogP contribution in [-0.4, -0.2) is 44.0 Å². The zero-order chi connectivity index (χ0) is 16.7. The maximum absolute atomic E-state index is 12.4. The highest BCUT2D eigenvalue weighted by Gasteiger charge is 2.52. The first-order valence-electron chi connectivity index (χ1n) is 7.23. The Balaban J connectivity index is 1.67. The van der Waals surface area contributed by atoms with E-state index in [4.69, 9.17) is 4.52 Å². The molecule has 1 aromatic rings. The smallest absolute Gasteiger partial charge is 0.245 e. The van der Waals surface area contributed by atoms with Crippen LogP contribution >= 0.6 is 31.9 Å². The summed E-state index contributed by atoms with van der Waals surface area (Å²) in [6.07, 6.45) is 1.18. The van der Waals surface area contributed by atoms with E-state index >= 15 is 0 Å². The fourth-order valence-electron chi connectivity index (χ4n) is 3.07. The fourth-order valence-corrected chi connectivity index (χ4v) is 4.31. The molecule has 2 fully saturated rings. The topological polar surface area (TPSA) is 92.5 Å². The van der Waals surface area contributed by atoms with Crippen LogP contribution in [0.4, 0.5) is 5.82 Å². The normalized spacial score (nSPS) is 30.5. The lowest BCUT2D eigenvalue weighted by atomic mass is 9.81. The number of halogens is 2. The monoisotopic (exact) mass is 447 g/mol. The number of nitrogens with zero attached hydrogens (tertiary/aromatic N) is 2. The summed E-state index contributed by atoms with van der Waals surface area (Å²) in [6.45, 7) is 1.41. The van der Waals surface area contributed by atoms with Crippen LogP contribution in [-0.2, 0) is 14.4 Å². The average Bonchev–Trinajstić information content (AvgIpc) is 2.98. The molecule has 1 aromatic heterocycles. The van der Waals surface area contributed by atoms with Gasteiger partial charge in [0.05, 0.1) is 11.8 Å². The van der Waals surface area contributed by atoms with Crippen molar-refractivity contribution in [3.05, 3.63) is 11.8 Å². The van der Waals surface area contributed by atoms with E-state index in [0.29, 0.717) is 18.6 Å². The van der Waals surface area contributed by atoms with Gasteiger partial charge in [-0.05, 0) is 19.8 Å². The second kappa shape index (κ2) is 6.35. The Hall–Kier alpha value is -1.22. The predicted molar refractivity (Wildman–Crippen MR) is 88.2 cm³/mol. The average molecular weight is 449 g/mol. The van der Waals surface area contributed by atoms with Gasteiger partial charge in [-0.2, -0.15) is 0 Å². The van der Waals surface area contributed by atoms with E-state index in [0.717, 1.165) is 4.90 Å². The van der Waals surface area contributed by atoms with Gasteiger partial charge in [0, 0.05) is 15.7 Å². The van der Waals surface area contributed by atoms with Gasteiger partial charge in [0.1, 0.15) is 12.3 Å². The zero-order valence-electron chi connectivity index (χ0n) is 12.3. The molecule has 1 aliphatic carbocycles. The van der Waals surface area contributed by atoms with Crippen LogP contribution in [0.15, 0.2) is 10.6 Å². The van der Waals surface area contributed by atoms with Crippen molar-refractivity contribution >= 4 is 55.4 Å². The van der Waals surface area contributed by atoms with Crippen LogP contribution in [0.2, 0.25) is 0 Å². The Kier molecular flexibility index (Phi) is 4.59. The number of imide groups is 1. The third-order valence-electron chi connectivity index (χ3n) is 4.20. The number of anilines is 1. The molecule has 2 aliphatic rings. The second-order valence-corrected chi connectivity index (χ2v) is 8.20. The van der Waals surface area contributed by atoms with Crippen molar-refractivity contribution in [2.45, 2.75) is 29.4 Å². The SMILES string of the molecule is Cc1cc(NC(=O)CN2C(=O)[C@@H]3C[C@@H](Br)[C@@H](Br)C[C@H]3C2=O)no1. The minimum Gasteiger partial charge on any atom is -0.360 e. The van der Waals surface area contributed by atoms with Crippen molar-refractivity contribution < 1.29 is 18.9 Å². The molecular formula is C14H15Br2N3O4. The number of amides is 3. The number of likely N-dealkylation sites (tertiary alicyclic amines) is 1. The Morgan fingerprint density at radius 1 is 1.30 bits per heavy atom. The van der Waals surface area contributed by atoms with Crippen LogP contribution in [0.5, 0.6) is 0 Å². The Morgan fingerprint density at radius 2 is 1.87 bits per heavy atom. The summed E-state index contributed by atoms with van der Waals surface area (Å²) in [5.74, 6) is -0.864. The van der Waals surface area contributed by atoms with Crippen molar-refractivity contribution in [3.8, 4) is 0 Å². The highest BCUT2D eigenvalue weighted by Crippen LogP contribution is 2.43. The third kappa shape index (κ3) is 3.21. The molecule has 4 atom stereocenters. The molecule has 2 heterocycles. The first-order valence-corrected chi connectivity index (χ1v) is 9.06. The number of alkyl halides is 2. The van der Waals surface area contributed by atoms with Gasteiger partial charge < -0.3 is 9.84 Å². The zero-order valence-corrected chi connectivity index (χ0v) is 15.5. The number of aromatic nitrogens is 1. The molecule has 1 saturated carbocycles. The van der Waals surface area contributed by atoms with E-state index < -0.39 is 5.91 Å². The van der Waals surface area contributed by atoms with E-state index in [2.05, 4.69) is 42.3 Å². The molecule has 0 spiro atoms. The number of carbonyl (C=O) groups is 3. The molecule has 0 bridgehead atoms. The van der Waals surface area contributed by atoms with E-state index in [1.165, 1.54) is 0 Å². The van der Waals surface area contributed by atoms with E-state index in [-0.39, 0.29) is 45.7 Å². The molecule has 0 unspecified atom stereocenters. The summed E-state index contributed by atoms with van der Waals surface area (Å²) in [5.41, 5.74) is 0. The number of nitrogens with one attached hydrogen (secondary N) is 1. The van der Waals surface area contributed by atoms with Crippen molar-refractivity contribution in [1.29, 1.82) is 0 Å². The Bertz CT molecular complexity index is 634. The summed E-state index contributed by atoms with van der Waals surface area (Å²) in [7, 11) is 0. The lowest BCUT2D eigenvalue weighted by Crippen LogP contribution is -2.38. The quantitative estimate of drug-likeness (QED) is 0.562. The second-order valence-electron chi connectivity index (χ2n) is 5.85. The standard InChI is InChI=1S/C14H15Br2N3O4/c1-6-2-11(18-23-6)17-12(20)5-19-13(21)7-3-9(15)10(16)4-8(7)14(19)22/h2,7-10H,3-5H2,1H3,(H,17,18,20)/t7-,8-,9-,10+/m1/s1. The van der Waals surface area contributed by atoms with Gasteiger partial charge in [0.2, 0.25) is 17.7 Å². The van der Waals surface area contributed by atoms with Crippen LogP contribution in [0, 0.1) is 18.8 Å². The first kappa shape index (κ1) is 16.6. The number of fused-ring (bicyclic) bond motifs is 1. The lowest BCUT2D eigenvalue weighted by molar-refractivity contribution is -0.142. The Labute approximate surface area is 149 Å². The summed E-state index contributed by atoms with van der Waals surface area (Å²) in [6, 6.07) is 1.57. The summed E-state index contributed by atoms with van der Waals surface area (Å²) < 4.78 is 4.86. The van der Waals surface area contributed by atoms with E-state index in [1.54, 1.807) is 13.0 Å². The largest absolute Gasteiger partial charge is 0.360 e. The summed E-state index contributed by atoms with van der Waals surface area (Å²) >= 11 is 7.06. The number of hydrogen-bond acceptors (Lipinski definition) is 5. The van der Waals surface area contributed by atoms with E-state index in [9.17, 15) is 14.4 Å². The minimum atomic E-state index is -0.468. The third-order valence-corrected chi connectivity index (χ3v) is 6.93. The van der Waals surface area contributed by atoms with Gasteiger partial charge in [-0.25, -0.2) is 0 Å². The van der Waals surface area contributed by atoms with Gasteiger partial charge >= 0.3 is 0 Å².